The van der Waals surface area contributed by atoms with Gasteiger partial charge in [-0.1, -0.05) is 6.07 Å². The average molecular weight is 527 g/mol. The summed E-state index contributed by atoms with van der Waals surface area (Å²) < 4.78 is 64.9. The van der Waals surface area contributed by atoms with Gasteiger partial charge in [-0.05, 0) is 59.8 Å². The van der Waals surface area contributed by atoms with E-state index < -0.39 is 15.8 Å². The molecule has 0 amide bonds. The van der Waals surface area contributed by atoms with Crippen LogP contribution in [0.5, 0.6) is 23.0 Å². The Labute approximate surface area is 215 Å². The van der Waals surface area contributed by atoms with E-state index in [9.17, 15) is 12.8 Å². The molecule has 4 aromatic rings. The zero-order valence-electron chi connectivity index (χ0n) is 21.1. The van der Waals surface area contributed by atoms with Gasteiger partial charge in [-0.3, -0.25) is 9.71 Å². The minimum absolute atomic E-state index is 0.159. The van der Waals surface area contributed by atoms with Gasteiger partial charge in [0.25, 0.3) is 10.0 Å². The number of nitrogens with one attached hydrogen (secondary N) is 1. The van der Waals surface area contributed by atoms with Crippen LogP contribution in [0, 0.1) is 12.7 Å². The number of aromatic nitrogens is 1. The van der Waals surface area contributed by atoms with Crippen molar-refractivity contribution < 1.29 is 31.8 Å². The topological polar surface area (TPSA) is 96.0 Å². The molecule has 0 aliphatic carbocycles. The fourth-order valence-electron chi connectivity index (χ4n) is 4.11. The lowest BCUT2D eigenvalue weighted by Gasteiger charge is -2.18. The quantitative estimate of drug-likeness (QED) is 0.324. The summed E-state index contributed by atoms with van der Waals surface area (Å²) in [5.74, 6) is 1.22. The summed E-state index contributed by atoms with van der Waals surface area (Å²) >= 11 is 0. The monoisotopic (exact) mass is 526 g/mol. The van der Waals surface area contributed by atoms with Crippen molar-refractivity contribution in [1.82, 2.24) is 4.98 Å². The molecule has 0 saturated carbocycles. The van der Waals surface area contributed by atoms with Gasteiger partial charge in [0.15, 0.2) is 23.0 Å². The van der Waals surface area contributed by atoms with E-state index in [1.54, 1.807) is 33.4 Å². The number of benzene rings is 3. The third kappa shape index (κ3) is 5.24. The molecule has 4 rings (SSSR count). The van der Waals surface area contributed by atoms with Gasteiger partial charge in [0, 0.05) is 24.1 Å². The van der Waals surface area contributed by atoms with Crippen LogP contribution in [-0.2, 0) is 16.4 Å². The highest BCUT2D eigenvalue weighted by Crippen LogP contribution is 2.38. The van der Waals surface area contributed by atoms with Crippen molar-refractivity contribution in [2.45, 2.75) is 18.2 Å². The van der Waals surface area contributed by atoms with E-state index in [0.717, 1.165) is 16.8 Å². The second kappa shape index (κ2) is 10.5. The summed E-state index contributed by atoms with van der Waals surface area (Å²) in [4.78, 5) is 4.40. The van der Waals surface area contributed by atoms with Crippen LogP contribution < -0.4 is 23.7 Å². The fraction of sp³-hybridized carbons (Fsp3) is 0.222. The van der Waals surface area contributed by atoms with Crippen LogP contribution in [0.25, 0.3) is 10.8 Å². The lowest BCUT2D eigenvalue weighted by molar-refractivity contribution is 0.355. The first-order chi connectivity index (χ1) is 17.7. The summed E-state index contributed by atoms with van der Waals surface area (Å²) in [6, 6.07) is 12.4. The first-order valence-corrected chi connectivity index (χ1v) is 12.7. The number of methoxy groups -OCH3 is 4. The van der Waals surface area contributed by atoms with Crippen LogP contribution in [0.15, 0.2) is 59.6 Å². The SMILES string of the molecule is COc1cc(Cc2nccc3cc(OC)c(OC)cc23)c(NS(=O)(=O)c2cc(F)ccc2C)cc1OC. The number of sulfonamides is 1. The zero-order chi connectivity index (χ0) is 26.7. The highest BCUT2D eigenvalue weighted by Gasteiger charge is 2.22. The summed E-state index contributed by atoms with van der Waals surface area (Å²) in [6.45, 7) is 1.60. The summed E-state index contributed by atoms with van der Waals surface area (Å²) in [5, 5.41) is 1.69. The number of aryl methyl sites for hydroxylation is 1. The Morgan fingerprint density at radius 2 is 1.46 bits per heavy atom. The molecule has 1 heterocycles. The van der Waals surface area contributed by atoms with E-state index in [2.05, 4.69) is 9.71 Å². The highest BCUT2D eigenvalue weighted by molar-refractivity contribution is 7.92. The van der Waals surface area contributed by atoms with E-state index in [4.69, 9.17) is 18.9 Å². The van der Waals surface area contributed by atoms with E-state index in [0.29, 0.717) is 39.8 Å². The highest BCUT2D eigenvalue weighted by atomic mass is 32.2. The van der Waals surface area contributed by atoms with Crippen molar-refractivity contribution in [3.8, 4) is 23.0 Å². The maximum absolute atomic E-state index is 13.9. The normalized spacial score (nSPS) is 11.3. The van der Waals surface area contributed by atoms with Crippen molar-refractivity contribution in [1.29, 1.82) is 0 Å². The summed E-state index contributed by atoms with van der Waals surface area (Å²) in [5.41, 5.74) is 1.91. The lowest BCUT2D eigenvalue weighted by Crippen LogP contribution is -2.16. The van der Waals surface area contributed by atoms with E-state index in [-0.39, 0.29) is 17.0 Å². The second-order valence-corrected chi connectivity index (χ2v) is 9.89. The molecular formula is C27H27FN2O6S. The molecular weight excluding hydrogens is 499 g/mol. The number of nitrogens with zero attached hydrogens (tertiary/aromatic N) is 1. The maximum atomic E-state index is 13.9. The summed E-state index contributed by atoms with van der Waals surface area (Å²) in [6.07, 6.45) is 1.91. The smallest absolute Gasteiger partial charge is 0.262 e. The standard InChI is InChI=1S/C27H27FN2O6S/c1-16-6-7-19(28)13-27(16)37(31,32)30-21-15-26(36-5)24(34-3)12-18(21)10-22-20-14-25(35-4)23(33-2)11-17(20)8-9-29-22/h6-9,11-15,30H,10H2,1-5H3. The molecule has 3 aromatic carbocycles. The van der Waals surface area contributed by atoms with Crippen LogP contribution in [-0.4, -0.2) is 41.8 Å². The molecule has 0 spiro atoms. The Hall–Kier alpha value is -4.05. The van der Waals surface area contributed by atoms with Crippen LogP contribution in [0.4, 0.5) is 10.1 Å². The third-order valence-corrected chi connectivity index (χ3v) is 7.51. The number of rotatable bonds is 9. The molecule has 0 radical (unpaired) electrons. The van der Waals surface area contributed by atoms with Crippen LogP contribution >= 0.6 is 0 Å². The molecule has 0 aliphatic rings. The molecule has 37 heavy (non-hydrogen) atoms. The molecule has 0 aliphatic heterocycles. The Balaban J connectivity index is 1.85. The van der Waals surface area contributed by atoms with Crippen molar-refractivity contribution in [2.24, 2.45) is 0 Å². The van der Waals surface area contributed by atoms with Gasteiger partial charge in [0.2, 0.25) is 0 Å². The first kappa shape index (κ1) is 26.0. The molecule has 10 heteroatoms. The molecule has 0 unspecified atom stereocenters. The van der Waals surface area contributed by atoms with Gasteiger partial charge >= 0.3 is 0 Å². The van der Waals surface area contributed by atoms with Crippen molar-refractivity contribution in [3.05, 3.63) is 77.4 Å². The Bertz CT molecular complexity index is 1570. The number of hydrogen-bond donors (Lipinski definition) is 1. The lowest BCUT2D eigenvalue weighted by atomic mass is 10.0. The number of hydrogen-bond acceptors (Lipinski definition) is 7. The molecule has 0 atom stereocenters. The predicted octanol–water partition coefficient (Wildman–Crippen LogP) is 5.11. The molecule has 0 fully saturated rings. The minimum atomic E-state index is -4.13. The van der Waals surface area contributed by atoms with Crippen LogP contribution in [0.1, 0.15) is 16.8 Å². The Morgan fingerprint density at radius 3 is 2.14 bits per heavy atom. The van der Waals surface area contributed by atoms with Gasteiger partial charge in [-0.15, -0.1) is 0 Å². The van der Waals surface area contributed by atoms with E-state index >= 15 is 0 Å². The number of anilines is 1. The fourth-order valence-corrected chi connectivity index (χ4v) is 5.46. The number of fused-ring (bicyclic) bond motifs is 1. The Morgan fingerprint density at radius 1 is 0.838 bits per heavy atom. The van der Waals surface area contributed by atoms with Gasteiger partial charge in [-0.25, -0.2) is 12.8 Å². The average Bonchev–Trinajstić information content (AvgIpc) is 2.89. The minimum Gasteiger partial charge on any atom is -0.493 e. The molecule has 1 aromatic heterocycles. The molecule has 1 N–H and O–H groups in total. The third-order valence-electron chi connectivity index (χ3n) is 6.00. The van der Waals surface area contributed by atoms with E-state index in [1.807, 2.05) is 18.2 Å². The number of pyridine rings is 1. The van der Waals surface area contributed by atoms with Crippen molar-refractivity contribution in [2.75, 3.05) is 33.2 Å². The first-order valence-electron chi connectivity index (χ1n) is 11.2. The van der Waals surface area contributed by atoms with Crippen molar-refractivity contribution >= 4 is 26.5 Å². The second-order valence-electron chi connectivity index (χ2n) is 8.24. The van der Waals surface area contributed by atoms with E-state index in [1.165, 1.54) is 32.4 Å². The van der Waals surface area contributed by atoms with Crippen LogP contribution in [0.3, 0.4) is 0 Å². The summed E-state index contributed by atoms with van der Waals surface area (Å²) in [7, 11) is 1.93. The Kier molecular flexibility index (Phi) is 7.40. The van der Waals surface area contributed by atoms with Gasteiger partial charge in [0.05, 0.1) is 44.7 Å². The van der Waals surface area contributed by atoms with Gasteiger partial charge in [0.1, 0.15) is 5.82 Å². The molecule has 0 saturated heterocycles. The van der Waals surface area contributed by atoms with Crippen molar-refractivity contribution in [3.63, 3.8) is 0 Å². The molecule has 194 valence electrons. The van der Waals surface area contributed by atoms with Crippen LogP contribution in [0.2, 0.25) is 0 Å². The number of ether oxygens (including phenoxy) is 4. The molecule has 8 nitrogen and oxygen atoms in total. The number of halogens is 1. The molecule has 0 bridgehead atoms. The predicted molar refractivity (Wildman–Crippen MR) is 139 cm³/mol. The van der Waals surface area contributed by atoms with Gasteiger partial charge in [-0.2, -0.15) is 0 Å². The largest absolute Gasteiger partial charge is 0.493 e. The maximum Gasteiger partial charge on any atom is 0.262 e. The zero-order valence-corrected chi connectivity index (χ0v) is 21.9. The van der Waals surface area contributed by atoms with Gasteiger partial charge < -0.3 is 18.9 Å².